The van der Waals surface area contributed by atoms with E-state index in [1.807, 2.05) is 25.7 Å². The fourth-order valence-corrected chi connectivity index (χ4v) is 4.65. The van der Waals surface area contributed by atoms with E-state index < -0.39 is 0 Å². The lowest BCUT2D eigenvalue weighted by atomic mass is 9.63. The van der Waals surface area contributed by atoms with Gasteiger partial charge in [0.25, 0.3) is 0 Å². The van der Waals surface area contributed by atoms with Crippen molar-refractivity contribution < 1.29 is 9.53 Å². The molecule has 2 aliphatic rings. The van der Waals surface area contributed by atoms with Crippen LogP contribution in [0.3, 0.4) is 0 Å². The Morgan fingerprint density at radius 1 is 1.29 bits per heavy atom. The second-order valence-electron chi connectivity index (χ2n) is 6.47. The van der Waals surface area contributed by atoms with Crippen LogP contribution in [0.25, 0.3) is 0 Å². The zero-order valence-corrected chi connectivity index (χ0v) is 13.1. The Labute approximate surface area is 117 Å². The van der Waals surface area contributed by atoms with E-state index in [1.165, 1.54) is 12.8 Å². The molecule has 0 atom stereocenters. The van der Waals surface area contributed by atoms with Crippen molar-refractivity contribution >= 4 is 28.7 Å². The zero-order chi connectivity index (χ0) is 12.7. The number of carbonyl (C=O) groups excluding carboxylic acids is 1. The Balaban J connectivity index is 1.81. The summed E-state index contributed by atoms with van der Waals surface area (Å²) < 4.78 is 6.27. The largest absolute Gasteiger partial charge is 0.444 e. The molecule has 1 heterocycles. The van der Waals surface area contributed by atoms with Crippen LogP contribution < -0.4 is 0 Å². The van der Waals surface area contributed by atoms with Crippen LogP contribution in [0.15, 0.2) is 0 Å². The molecule has 1 amide bonds. The number of hydrogen-bond donors (Lipinski definition) is 0. The van der Waals surface area contributed by atoms with E-state index in [0.29, 0.717) is 5.41 Å². The summed E-state index contributed by atoms with van der Waals surface area (Å²) >= 11 is 2.54. The number of carbonyl (C=O) groups is 1. The molecule has 0 aromatic rings. The summed E-state index contributed by atoms with van der Waals surface area (Å²) in [7, 11) is 0. The molecule has 2 rings (SSSR count). The Morgan fingerprint density at radius 3 is 2.24 bits per heavy atom. The highest BCUT2D eigenvalue weighted by molar-refractivity contribution is 14.1. The lowest BCUT2D eigenvalue weighted by Gasteiger charge is -2.50. The van der Waals surface area contributed by atoms with Gasteiger partial charge in [-0.1, -0.05) is 22.6 Å². The highest BCUT2D eigenvalue weighted by Gasteiger charge is 2.45. The first kappa shape index (κ1) is 13.4. The monoisotopic (exact) mass is 351 g/mol. The third-order valence-electron chi connectivity index (χ3n) is 3.78. The molecule has 0 radical (unpaired) electrons. The first-order chi connectivity index (χ1) is 7.80. The second-order valence-corrected chi connectivity index (χ2v) is 8.23. The van der Waals surface area contributed by atoms with Crippen LogP contribution in [0.4, 0.5) is 4.79 Å². The van der Waals surface area contributed by atoms with E-state index in [2.05, 4.69) is 22.6 Å². The molecule has 17 heavy (non-hydrogen) atoms. The smallest absolute Gasteiger partial charge is 0.410 e. The van der Waals surface area contributed by atoms with E-state index in [4.69, 9.17) is 4.74 Å². The van der Waals surface area contributed by atoms with Gasteiger partial charge in [-0.05, 0) is 51.9 Å². The zero-order valence-electron chi connectivity index (χ0n) is 11.0. The highest BCUT2D eigenvalue weighted by atomic mass is 127. The highest BCUT2D eigenvalue weighted by Crippen LogP contribution is 2.52. The van der Waals surface area contributed by atoms with Gasteiger partial charge in [0.1, 0.15) is 5.60 Å². The van der Waals surface area contributed by atoms with E-state index in [9.17, 15) is 4.79 Å². The van der Waals surface area contributed by atoms with E-state index in [0.717, 1.165) is 29.9 Å². The maximum absolute atomic E-state index is 11.9. The molecular formula is C13H22INO2. The molecule has 1 aliphatic carbocycles. The Bertz CT molecular complexity index is 295. The lowest BCUT2D eigenvalue weighted by molar-refractivity contribution is -0.00235. The first-order valence-corrected chi connectivity index (χ1v) is 7.66. The normalized spacial score (nSPS) is 24.6. The van der Waals surface area contributed by atoms with Gasteiger partial charge in [-0.25, -0.2) is 4.79 Å². The minimum atomic E-state index is -0.379. The summed E-state index contributed by atoms with van der Waals surface area (Å²) in [5.41, 5.74) is 0.181. The lowest BCUT2D eigenvalue weighted by Crippen LogP contribution is -2.50. The molecule has 1 aliphatic heterocycles. The summed E-state index contributed by atoms with van der Waals surface area (Å²) in [4.78, 5) is 13.8. The van der Waals surface area contributed by atoms with E-state index in [1.54, 1.807) is 0 Å². The molecule has 98 valence electrons. The molecular weight excluding hydrogens is 329 g/mol. The van der Waals surface area contributed by atoms with Crippen LogP contribution in [0.1, 0.15) is 46.5 Å². The van der Waals surface area contributed by atoms with Crippen LogP contribution in [0.5, 0.6) is 0 Å². The van der Waals surface area contributed by atoms with Crippen molar-refractivity contribution in [3.8, 4) is 0 Å². The minimum Gasteiger partial charge on any atom is -0.444 e. The molecule has 0 aromatic heterocycles. The summed E-state index contributed by atoms with van der Waals surface area (Å²) in [5.74, 6) is 0. The molecule has 4 heteroatoms. The summed E-state index contributed by atoms with van der Waals surface area (Å²) in [6.07, 6.45) is 4.86. The first-order valence-electron chi connectivity index (χ1n) is 6.42. The molecule has 0 N–H and O–H groups in total. The number of likely N-dealkylation sites (tertiary alicyclic amines) is 1. The number of halogens is 1. The van der Waals surface area contributed by atoms with Crippen LogP contribution >= 0.6 is 22.6 Å². The van der Waals surface area contributed by atoms with Crippen LogP contribution in [-0.2, 0) is 4.74 Å². The van der Waals surface area contributed by atoms with Gasteiger partial charge in [-0.2, -0.15) is 0 Å². The Kier molecular flexibility index (Phi) is 3.63. The van der Waals surface area contributed by atoms with Crippen molar-refractivity contribution in [3.05, 3.63) is 0 Å². The number of alkyl halides is 1. The van der Waals surface area contributed by atoms with Crippen LogP contribution in [0, 0.1) is 5.41 Å². The Morgan fingerprint density at radius 2 is 1.82 bits per heavy atom. The SMILES string of the molecule is CC(C)(C)OC(=O)N1CCC2(CC1)CC(I)C2. The molecule has 3 nitrogen and oxygen atoms in total. The molecule has 0 bridgehead atoms. The van der Waals surface area contributed by atoms with Crippen LogP contribution in [-0.4, -0.2) is 33.6 Å². The number of amides is 1. The van der Waals surface area contributed by atoms with Gasteiger partial charge in [0.05, 0.1) is 0 Å². The van der Waals surface area contributed by atoms with Gasteiger partial charge >= 0.3 is 6.09 Å². The van der Waals surface area contributed by atoms with Crippen molar-refractivity contribution in [2.75, 3.05) is 13.1 Å². The summed E-state index contributed by atoms with van der Waals surface area (Å²) in [5, 5.41) is 0. The maximum Gasteiger partial charge on any atom is 0.410 e. The molecule has 2 fully saturated rings. The van der Waals surface area contributed by atoms with Gasteiger partial charge in [0.15, 0.2) is 0 Å². The van der Waals surface area contributed by atoms with E-state index in [-0.39, 0.29) is 11.7 Å². The minimum absolute atomic E-state index is 0.141. The van der Waals surface area contributed by atoms with Crippen molar-refractivity contribution in [1.82, 2.24) is 4.90 Å². The predicted molar refractivity (Wildman–Crippen MR) is 76.5 cm³/mol. The molecule has 0 aromatic carbocycles. The third kappa shape index (κ3) is 3.26. The fraction of sp³-hybridized carbons (Fsp3) is 0.923. The number of hydrogen-bond acceptors (Lipinski definition) is 2. The van der Waals surface area contributed by atoms with Gasteiger partial charge in [0, 0.05) is 17.0 Å². The number of ether oxygens (including phenoxy) is 1. The van der Waals surface area contributed by atoms with Gasteiger partial charge < -0.3 is 9.64 Å². The third-order valence-corrected chi connectivity index (χ3v) is 4.67. The number of rotatable bonds is 0. The number of piperidine rings is 1. The summed E-state index contributed by atoms with van der Waals surface area (Å²) in [6.45, 7) is 7.51. The standard InChI is InChI=1S/C13H22INO2/c1-12(2,3)17-11(16)15-6-4-13(5-7-15)8-10(14)9-13/h10H,4-9H2,1-3H3. The predicted octanol–water partition coefficient (Wildman–Crippen LogP) is 3.60. The molecule has 1 saturated heterocycles. The second kappa shape index (κ2) is 4.59. The van der Waals surface area contributed by atoms with Crippen LogP contribution in [0.2, 0.25) is 0 Å². The number of nitrogens with zero attached hydrogens (tertiary/aromatic N) is 1. The quantitative estimate of drug-likeness (QED) is 0.493. The topological polar surface area (TPSA) is 29.5 Å². The molecule has 1 spiro atoms. The molecule has 0 unspecified atom stereocenters. The average molecular weight is 351 g/mol. The Hall–Kier alpha value is 0. The van der Waals surface area contributed by atoms with Crippen molar-refractivity contribution in [2.45, 2.75) is 56.0 Å². The van der Waals surface area contributed by atoms with Crippen molar-refractivity contribution in [3.63, 3.8) is 0 Å². The summed E-state index contributed by atoms with van der Waals surface area (Å²) in [6, 6.07) is 0. The van der Waals surface area contributed by atoms with Gasteiger partial charge in [0.2, 0.25) is 0 Å². The van der Waals surface area contributed by atoms with E-state index >= 15 is 0 Å². The van der Waals surface area contributed by atoms with Crippen molar-refractivity contribution in [2.24, 2.45) is 5.41 Å². The van der Waals surface area contributed by atoms with Gasteiger partial charge in [-0.3, -0.25) is 0 Å². The molecule has 1 saturated carbocycles. The maximum atomic E-state index is 11.9. The van der Waals surface area contributed by atoms with Gasteiger partial charge in [-0.15, -0.1) is 0 Å². The fourth-order valence-electron chi connectivity index (χ4n) is 2.78. The van der Waals surface area contributed by atoms with Crippen molar-refractivity contribution in [1.29, 1.82) is 0 Å². The average Bonchev–Trinajstić information content (AvgIpc) is 2.14.